The first-order valence-electron chi connectivity index (χ1n) is 5.80. The van der Waals surface area contributed by atoms with Crippen LogP contribution in [0.5, 0.6) is 11.5 Å². The molecule has 0 radical (unpaired) electrons. The van der Waals surface area contributed by atoms with Gasteiger partial charge in [-0.25, -0.2) is 4.39 Å². The Morgan fingerprint density at radius 1 is 1.11 bits per heavy atom. The molecule has 1 aromatic heterocycles. The maximum atomic E-state index is 13.7. The summed E-state index contributed by atoms with van der Waals surface area (Å²) in [6.45, 7) is 0.207. The van der Waals surface area contributed by atoms with Gasteiger partial charge < -0.3 is 14.3 Å². The van der Waals surface area contributed by atoms with E-state index in [1.54, 1.807) is 24.3 Å². The van der Waals surface area contributed by atoms with Crippen molar-refractivity contribution >= 4 is 11.0 Å². The predicted octanol–water partition coefficient (Wildman–Crippen LogP) is 3.86. The van der Waals surface area contributed by atoms with Gasteiger partial charge in [0.2, 0.25) is 0 Å². The second-order valence-corrected chi connectivity index (χ2v) is 4.16. The number of aromatic hydroxyl groups is 1. The Kier molecular flexibility index (Phi) is 2.83. The van der Waals surface area contributed by atoms with E-state index in [0.717, 1.165) is 0 Å². The molecule has 3 aromatic rings. The molecule has 0 bridgehead atoms. The highest BCUT2D eigenvalue weighted by Crippen LogP contribution is 2.25. The van der Waals surface area contributed by atoms with Gasteiger partial charge in [-0.1, -0.05) is 6.07 Å². The maximum Gasteiger partial charge on any atom is 0.137 e. The zero-order valence-electron chi connectivity index (χ0n) is 9.97. The highest BCUT2D eigenvalue weighted by Gasteiger charge is 2.10. The normalized spacial score (nSPS) is 10.8. The summed E-state index contributed by atoms with van der Waals surface area (Å²) >= 11 is 0. The van der Waals surface area contributed by atoms with E-state index in [-0.39, 0.29) is 18.2 Å². The molecule has 96 valence electrons. The van der Waals surface area contributed by atoms with Gasteiger partial charge in [0.1, 0.15) is 29.5 Å². The monoisotopic (exact) mass is 258 g/mol. The Morgan fingerprint density at radius 3 is 2.68 bits per heavy atom. The second kappa shape index (κ2) is 4.65. The first-order valence-corrected chi connectivity index (χ1v) is 5.80. The van der Waals surface area contributed by atoms with Crippen LogP contribution in [0.15, 0.2) is 53.1 Å². The number of phenols is 1. The van der Waals surface area contributed by atoms with E-state index in [1.807, 2.05) is 0 Å². The number of ether oxygens (including phenoxy) is 1. The fourth-order valence-corrected chi connectivity index (χ4v) is 1.92. The number of hydrogen-bond donors (Lipinski definition) is 1. The molecule has 0 atom stereocenters. The summed E-state index contributed by atoms with van der Waals surface area (Å²) in [4.78, 5) is 0. The van der Waals surface area contributed by atoms with Crippen molar-refractivity contribution in [1.29, 1.82) is 0 Å². The van der Waals surface area contributed by atoms with Gasteiger partial charge in [-0.05, 0) is 36.4 Å². The molecule has 0 saturated heterocycles. The predicted molar refractivity (Wildman–Crippen MR) is 68.6 cm³/mol. The van der Waals surface area contributed by atoms with Crippen molar-refractivity contribution < 1.29 is 18.7 Å². The van der Waals surface area contributed by atoms with E-state index in [9.17, 15) is 4.39 Å². The molecule has 1 heterocycles. The lowest BCUT2D eigenvalue weighted by molar-refractivity contribution is 0.305. The number of hydrogen-bond acceptors (Lipinski definition) is 3. The molecule has 4 heteroatoms. The van der Waals surface area contributed by atoms with Crippen LogP contribution in [0.25, 0.3) is 11.0 Å². The molecule has 1 N–H and O–H groups in total. The Hall–Kier alpha value is -2.49. The van der Waals surface area contributed by atoms with Crippen LogP contribution in [0.2, 0.25) is 0 Å². The average Bonchev–Trinajstić information content (AvgIpc) is 2.83. The highest BCUT2D eigenvalue weighted by molar-refractivity contribution is 5.81. The van der Waals surface area contributed by atoms with Gasteiger partial charge in [0, 0.05) is 5.56 Å². The van der Waals surface area contributed by atoms with Crippen molar-refractivity contribution in [3.8, 4) is 11.5 Å². The number of rotatable bonds is 3. The lowest BCUT2D eigenvalue weighted by atomic mass is 10.2. The van der Waals surface area contributed by atoms with E-state index in [2.05, 4.69) is 0 Å². The van der Waals surface area contributed by atoms with Crippen LogP contribution in [0.1, 0.15) is 5.56 Å². The van der Waals surface area contributed by atoms with Crippen LogP contribution in [0, 0.1) is 5.82 Å². The van der Waals surface area contributed by atoms with Gasteiger partial charge in [-0.2, -0.15) is 0 Å². The minimum absolute atomic E-state index is 0.173. The van der Waals surface area contributed by atoms with Crippen molar-refractivity contribution in [2.75, 3.05) is 0 Å². The van der Waals surface area contributed by atoms with Gasteiger partial charge in [0.25, 0.3) is 0 Å². The minimum atomic E-state index is -0.324. The van der Waals surface area contributed by atoms with E-state index in [0.29, 0.717) is 22.3 Å². The van der Waals surface area contributed by atoms with Crippen molar-refractivity contribution in [2.45, 2.75) is 6.61 Å². The van der Waals surface area contributed by atoms with Gasteiger partial charge in [-0.15, -0.1) is 0 Å². The summed E-state index contributed by atoms with van der Waals surface area (Å²) in [6, 6.07) is 11.1. The fraction of sp³-hybridized carbons (Fsp3) is 0.0667. The molecule has 3 rings (SSSR count). The Labute approximate surface area is 108 Å². The highest BCUT2D eigenvalue weighted by atomic mass is 19.1. The van der Waals surface area contributed by atoms with Crippen LogP contribution < -0.4 is 4.74 Å². The van der Waals surface area contributed by atoms with E-state index in [1.165, 1.54) is 24.5 Å². The third-order valence-electron chi connectivity index (χ3n) is 2.86. The van der Waals surface area contributed by atoms with Crippen LogP contribution in [0.3, 0.4) is 0 Å². The molecule has 19 heavy (non-hydrogen) atoms. The molecule has 0 saturated carbocycles. The maximum absolute atomic E-state index is 13.7. The Morgan fingerprint density at radius 2 is 1.89 bits per heavy atom. The summed E-state index contributed by atoms with van der Waals surface area (Å²) in [5.74, 6) is 0.450. The number of halogens is 1. The molecule has 3 nitrogen and oxygen atoms in total. The lowest BCUT2D eigenvalue weighted by Crippen LogP contribution is -1.94. The zero-order valence-corrected chi connectivity index (χ0v) is 9.97. The Balaban J connectivity index is 1.84. The van der Waals surface area contributed by atoms with Gasteiger partial charge in [0.05, 0.1) is 11.6 Å². The van der Waals surface area contributed by atoms with E-state index in [4.69, 9.17) is 14.3 Å². The first kappa shape index (κ1) is 11.6. The van der Waals surface area contributed by atoms with E-state index >= 15 is 0 Å². The summed E-state index contributed by atoms with van der Waals surface area (Å²) in [7, 11) is 0. The van der Waals surface area contributed by atoms with Crippen LogP contribution in [-0.2, 0) is 6.61 Å². The summed E-state index contributed by atoms with van der Waals surface area (Å²) in [5, 5.41) is 9.61. The van der Waals surface area contributed by atoms with Gasteiger partial charge >= 0.3 is 0 Å². The Bertz CT molecular complexity index is 701. The van der Waals surface area contributed by atoms with Gasteiger partial charge in [0.15, 0.2) is 0 Å². The smallest absolute Gasteiger partial charge is 0.137 e. The molecular weight excluding hydrogens is 247 g/mol. The molecular formula is C15H11FO3. The van der Waals surface area contributed by atoms with Crippen molar-refractivity contribution in [3.63, 3.8) is 0 Å². The third-order valence-corrected chi connectivity index (χ3v) is 2.86. The standard InChI is InChI=1S/C15H11FO3/c16-13-2-1-3-14-15(13)10(9-19-14)8-18-12-6-4-11(17)5-7-12/h1-7,9,17H,8H2. The third kappa shape index (κ3) is 2.25. The number of fused-ring (bicyclic) bond motifs is 1. The minimum Gasteiger partial charge on any atom is -0.508 e. The number of furan rings is 1. The fourth-order valence-electron chi connectivity index (χ4n) is 1.92. The lowest BCUT2D eigenvalue weighted by Gasteiger charge is -2.05. The zero-order chi connectivity index (χ0) is 13.2. The van der Waals surface area contributed by atoms with Crippen LogP contribution >= 0.6 is 0 Å². The summed E-state index contributed by atoms with van der Waals surface area (Å²) in [6.07, 6.45) is 1.49. The second-order valence-electron chi connectivity index (χ2n) is 4.16. The van der Waals surface area contributed by atoms with Crippen molar-refractivity contribution in [2.24, 2.45) is 0 Å². The summed E-state index contributed by atoms with van der Waals surface area (Å²) < 4.78 is 24.5. The number of phenolic OH excluding ortho intramolecular Hbond substituents is 1. The van der Waals surface area contributed by atoms with Crippen molar-refractivity contribution in [3.05, 3.63) is 60.1 Å². The molecule has 0 unspecified atom stereocenters. The van der Waals surface area contributed by atoms with E-state index < -0.39 is 0 Å². The average molecular weight is 258 g/mol. The molecule has 0 spiro atoms. The molecule has 0 amide bonds. The largest absolute Gasteiger partial charge is 0.508 e. The topological polar surface area (TPSA) is 42.6 Å². The quantitative estimate of drug-likeness (QED) is 0.775. The molecule has 2 aromatic carbocycles. The molecule has 0 aliphatic heterocycles. The molecule has 0 fully saturated rings. The molecule has 0 aliphatic carbocycles. The van der Waals surface area contributed by atoms with Crippen molar-refractivity contribution in [1.82, 2.24) is 0 Å². The SMILES string of the molecule is Oc1ccc(OCc2coc3cccc(F)c23)cc1. The van der Waals surface area contributed by atoms with Gasteiger partial charge in [-0.3, -0.25) is 0 Å². The van der Waals surface area contributed by atoms with Crippen LogP contribution in [-0.4, -0.2) is 5.11 Å². The molecule has 0 aliphatic rings. The van der Waals surface area contributed by atoms with Crippen LogP contribution in [0.4, 0.5) is 4.39 Å². The number of benzene rings is 2. The summed E-state index contributed by atoms with van der Waals surface area (Å²) in [5.41, 5.74) is 1.16. The first-order chi connectivity index (χ1) is 9.24.